The van der Waals surface area contributed by atoms with Crippen molar-refractivity contribution in [1.82, 2.24) is 15.1 Å². The minimum atomic E-state index is -0.308. The molecule has 2 heterocycles. The Bertz CT molecular complexity index is 692. The van der Waals surface area contributed by atoms with E-state index < -0.39 is 0 Å². The van der Waals surface area contributed by atoms with Gasteiger partial charge in [-0.15, -0.1) is 11.6 Å². The molecule has 0 bridgehead atoms. The summed E-state index contributed by atoms with van der Waals surface area (Å²) >= 11 is 5.63. The predicted molar refractivity (Wildman–Crippen MR) is 108 cm³/mol. The monoisotopic (exact) mass is 406 g/mol. The van der Waals surface area contributed by atoms with Crippen LogP contribution in [-0.2, 0) is 14.4 Å². The van der Waals surface area contributed by atoms with E-state index in [4.69, 9.17) is 11.6 Å². The van der Waals surface area contributed by atoms with E-state index in [1.54, 1.807) is 4.90 Å². The topological polar surface area (TPSA) is 73.0 Å². The van der Waals surface area contributed by atoms with Crippen molar-refractivity contribution in [1.29, 1.82) is 0 Å². The number of para-hydroxylation sites is 1. The number of nitrogens with one attached hydrogen (secondary N) is 1. The minimum absolute atomic E-state index is 0.0101. The molecule has 8 heteroatoms. The molecule has 1 atom stereocenters. The van der Waals surface area contributed by atoms with Gasteiger partial charge in [0.1, 0.15) is 0 Å². The summed E-state index contributed by atoms with van der Waals surface area (Å²) in [5.41, 5.74) is 0.837. The zero-order valence-electron chi connectivity index (χ0n) is 16.0. The van der Waals surface area contributed by atoms with Gasteiger partial charge in [0.15, 0.2) is 0 Å². The average molecular weight is 407 g/mol. The zero-order chi connectivity index (χ0) is 19.9. The lowest BCUT2D eigenvalue weighted by Gasteiger charge is -2.34. The van der Waals surface area contributed by atoms with Gasteiger partial charge < -0.3 is 15.1 Å². The summed E-state index contributed by atoms with van der Waals surface area (Å²) in [5, 5.41) is 2.96. The minimum Gasteiger partial charge on any atom is -0.355 e. The van der Waals surface area contributed by atoms with Gasteiger partial charge in [0.25, 0.3) is 0 Å². The van der Waals surface area contributed by atoms with Crippen molar-refractivity contribution in [3.05, 3.63) is 30.3 Å². The van der Waals surface area contributed by atoms with E-state index in [-0.39, 0.29) is 30.1 Å². The van der Waals surface area contributed by atoms with Crippen LogP contribution in [0.15, 0.2) is 30.3 Å². The molecule has 28 heavy (non-hydrogen) atoms. The molecule has 0 aliphatic carbocycles. The number of rotatable bonds is 7. The van der Waals surface area contributed by atoms with E-state index in [1.165, 1.54) is 0 Å². The van der Waals surface area contributed by atoms with E-state index in [2.05, 4.69) is 10.2 Å². The molecule has 2 fully saturated rings. The van der Waals surface area contributed by atoms with Crippen molar-refractivity contribution >= 4 is 35.0 Å². The summed E-state index contributed by atoms with van der Waals surface area (Å²) in [6, 6.07) is 9.45. The van der Waals surface area contributed by atoms with Gasteiger partial charge in [-0.3, -0.25) is 19.3 Å². The largest absolute Gasteiger partial charge is 0.355 e. The molecule has 2 saturated heterocycles. The van der Waals surface area contributed by atoms with Crippen LogP contribution in [-0.4, -0.2) is 79.2 Å². The number of carbonyl (C=O) groups is 3. The number of amides is 3. The maximum atomic E-state index is 12.4. The molecule has 1 unspecified atom stereocenters. The maximum absolute atomic E-state index is 12.4. The first-order chi connectivity index (χ1) is 13.6. The number of hydrogen-bond acceptors (Lipinski definition) is 4. The molecular formula is C20H27ClN4O3. The SMILES string of the molecule is O=C(NCCN1CCN(C(=O)CCCl)CC1)C1CC(=O)N(c2ccccc2)C1. The standard InChI is InChI=1S/C20H27ClN4O3/c21-7-6-18(26)24-12-10-23(11-13-24)9-8-22-20(28)16-14-19(27)25(15-16)17-4-2-1-3-5-17/h1-5,16H,6-15H2,(H,22,28). The van der Waals surface area contributed by atoms with E-state index in [0.717, 1.165) is 25.3 Å². The molecule has 3 rings (SSSR count). The average Bonchev–Trinajstić information content (AvgIpc) is 3.11. The lowest BCUT2D eigenvalue weighted by Crippen LogP contribution is -2.50. The summed E-state index contributed by atoms with van der Waals surface area (Å²) < 4.78 is 0. The molecule has 0 saturated carbocycles. The first kappa shape index (κ1) is 20.6. The van der Waals surface area contributed by atoms with Crippen LogP contribution in [0.25, 0.3) is 0 Å². The second-order valence-corrected chi connectivity index (χ2v) is 7.57. The van der Waals surface area contributed by atoms with Gasteiger partial charge in [-0.25, -0.2) is 0 Å². The van der Waals surface area contributed by atoms with E-state index in [1.807, 2.05) is 35.2 Å². The van der Waals surface area contributed by atoms with Crippen molar-refractivity contribution in [3.63, 3.8) is 0 Å². The Kier molecular flexibility index (Phi) is 7.28. The molecule has 2 aliphatic heterocycles. The number of nitrogens with zero attached hydrogens (tertiary/aromatic N) is 3. The third-order valence-electron chi connectivity index (χ3n) is 5.32. The van der Waals surface area contributed by atoms with Crippen molar-refractivity contribution in [2.45, 2.75) is 12.8 Å². The van der Waals surface area contributed by atoms with Gasteiger partial charge in [-0.05, 0) is 12.1 Å². The molecule has 0 aromatic heterocycles. The van der Waals surface area contributed by atoms with Gasteiger partial charge in [-0.2, -0.15) is 0 Å². The number of piperazine rings is 1. The van der Waals surface area contributed by atoms with Gasteiger partial charge >= 0.3 is 0 Å². The number of halogens is 1. The highest BCUT2D eigenvalue weighted by Gasteiger charge is 2.34. The normalized spacial score (nSPS) is 20.5. The molecule has 2 aliphatic rings. The third-order valence-corrected chi connectivity index (χ3v) is 5.51. The van der Waals surface area contributed by atoms with Crippen LogP contribution >= 0.6 is 11.6 Å². The van der Waals surface area contributed by atoms with E-state index in [9.17, 15) is 14.4 Å². The number of anilines is 1. The van der Waals surface area contributed by atoms with E-state index >= 15 is 0 Å². The Hall–Kier alpha value is -2.12. The van der Waals surface area contributed by atoms with Crippen molar-refractivity contribution in [3.8, 4) is 0 Å². The molecule has 1 aromatic rings. The number of carbonyl (C=O) groups excluding carboxylic acids is 3. The fraction of sp³-hybridized carbons (Fsp3) is 0.550. The maximum Gasteiger partial charge on any atom is 0.227 e. The molecule has 1 aromatic carbocycles. The first-order valence-electron chi connectivity index (χ1n) is 9.77. The molecule has 7 nitrogen and oxygen atoms in total. The van der Waals surface area contributed by atoms with Crippen LogP contribution in [0.5, 0.6) is 0 Å². The van der Waals surface area contributed by atoms with E-state index in [0.29, 0.717) is 38.5 Å². The fourth-order valence-electron chi connectivity index (χ4n) is 3.68. The summed E-state index contributed by atoms with van der Waals surface area (Å²) in [7, 11) is 0. The van der Waals surface area contributed by atoms with Crippen LogP contribution < -0.4 is 10.2 Å². The van der Waals surface area contributed by atoms with Crippen LogP contribution in [0.4, 0.5) is 5.69 Å². The van der Waals surface area contributed by atoms with Gasteiger partial charge in [0, 0.05) is 70.2 Å². The summed E-state index contributed by atoms with van der Waals surface area (Å²) in [5.74, 6) is 0.0811. The van der Waals surface area contributed by atoms with Crippen molar-refractivity contribution < 1.29 is 14.4 Å². The highest BCUT2D eigenvalue weighted by molar-refractivity contribution is 6.18. The van der Waals surface area contributed by atoms with Crippen molar-refractivity contribution in [2.75, 3.05) is 56.6 Å². The second-order valence-electron chi connectivity index (χ2n) is 7.19. The van der Waals surface area contributed by atoms with Crippen LogP contribution in [0, 0.1) is 5.92 Å². The summed E-state index contributed by atoms with van der Waals surface area (Å²) in [4.78, 5) is 42.3. The van der Waals surface area contributed by atoms with Gasteiger partial charge in [0.2, 0.25) is 17.7 Å². The Morgan fingerprint density at radius 3 is 2.50 bits per heavy atom. The molecule has 0 radical (unpaired) electrons. The highest BCUT2D eigenvalue weighted by atomic mass is 35.5. The molecule has 1 N–H and O–H groups in total. The number of hydrogen-bond donors (Lipinski definition) is 1. The van der Waals surface area contributed by atoms with Crippen LogP contribution in [0.1, 0.15) is 12.8 Å². The summed E-state index contributed by atoms with van der Waals surface area (Å²) in [6.07, 6.45) is 0.639. The Balaban J connectivity index is 1.37. The number of alkyl halides is 1. The lowest BCUT2D eigenvalue weighted by atomic mass is 10.1. The Morgan fingerprint density at radius 2 is 1.82 bits per heavy atom. The zero-order valence-corrected chi connectivity index (χ0v) is 16.7. The summed E-state index contributed by atoms with van der Waals surface area (Å²) in [6.45, 7) is 4.72. The highest BCUT2D eigenvalue weighted by Crippen LogP contribution is 2.24. The lowest BCUT2D eigenvalue weighted by molar-refractivity contribution is -0.132. The number of benzene rings is 1. The molecule has 152 valence electrons. The first-order valence-corrected chi connectivity index (χ1v) is 10.3. The Morgan fingerprint density at radius 1 is 1.11 bits per heavy atom. The third kappa shape index (κ3) is 5.23. The molecular weight excluding hydrogens is 380 g/mol. The van der Waals surface area contributed by atoms with Gasteiger partial charge in [0.05, 0.1) is 5.92 Å². The quantitative estimate of drug-likeness (QED) is 0.684. The molecule has 3 amide bonds. The smallest absolute Gasteiger partial charge is 0.227 e. The molecule has 0 spiro atoms. The van der Waals surface area contributed by atoms with Gasteiger partial charge in [-0.1, -0.05) is 18.2 Å². The second kappa shape index (κ2) is 9.89. The van der Waals surface area contributed by atoms with Crippen LogP contribution in [0.3, 0.4) is 0 Å². The van der Waals surface area contributed by atoms with Crippen molar-refractivity contribution in [2.24, 2.45) is 5.92 Å². The fourth-order valence-corrected chi connectivity index (χ4v) is 3.84. The van der Waals surface area contributed by atoms with Crippen LogP contribution in [0.2, 0.25) is 0 Å². The Labute approximate surface area is 170 Å². The predicted octanol–water partition coefficient (Wildman–Crippen LogP) is 0.929.